The molecule has 0 radical (unpaired) electrons. The van der Waals surface area contributed by atoms with Gasteiger partial charge in [-0.05, 0) is 27.2 Å². The van der Waals surface area contributed by atoms with Crippen molar-refractivity contribution in [1.29, 1.82) is 0 Å². The molecule has 21 heavy (non-hydrogen) atoms. The van der Waals surface area contributed by atoms with E-state index in [0.717, 1.165) is 18.8 Å². The summed E-state index contributed by atoms with van der Waals surface area (Å²) >= 11 is 0. The number of carbonyl (C=O) groups excluding carboxylic acids is 2. The minimum Gasteiger partial charge on any atom is -0.460 e. The second-order valence-corrected chi connectivity index (χ2v) is 4.35. The molecular weight excluding hydrogens is 284 g/mol. The van der Waals surface area contributed by atoms with Crippen molar-refractivity contribution in [2.45, 2.75) is 39.7 Å². The van der Waals surface area contributed by atoms with Gasteiger partial charge in [0.1, 0.15) is 25.1 Å². The summed E-state index contributed by atoms with van der Waals surface area (Å²) in [4.78, 5) is 40.3. The number of carbonyl (C=O) groups is 2. The van der Waals surface area contributed by atoms with Gasteiger partial charge in [0, 0.05) is 0 Å². The van der Waals surface area contributed by atoms with Gasteiger partial charge in [-0.25, -0.2) is 9.59 Å². The molecule has 0 aliphatic heterocycles. The molecule has 122 valence electrons. The van der Waals surface area contributed by atoms with E-state index in [9.17, 15) is 9.59 Å². The van der Waals surface area contributed by atoms with Crippen molar-refractivity contribution in [3.8, 4) is 0 Å². The third-order valence-electron chi connectivity index (χ3n) is 2.18. The van der Waals surface area contributed by atoms with Crippen LogP contribution in [0.4, 0.5) is 4.79 Å². The molecule has 0 aromatic rings. The monoisotopic (exact) mass is 306 g/mol. The van der Waals surface area contributed by atoms with Gasteiger partial charge >= 0.3 is 12.1 Å². The van der Waals surface area contributed by atoms with Gasteiger partial charge in [-0.15, -0.1) is 0 Å². The minimum absolute atomic E-state index is 0.0934. The molecule has 0 unspecified atom stereocenters. The fourth-order valence-corrected chi connectivity index (χ4v) is 0.756. The van der Waals surface area contributed by atoms with Gasteiger partial charge in [0.2, 0.25) is 0 Å². The lowest BCUT2D eigenvalue weighted by atomic mass is 10.1. The number of esters is 1. The first-order valence-corrected chi connectivity index (χ1v) is 6.55. The maximum atomic E-state index is 11.2. The number of rotatable bonds is 10. The van der Waals surface area contributed by atoms with Crippen LogP contribution in [0.5, 0.6) is 0 Å². The molecule has 0 rings (SSSR count). The Hall–Kier alpha value is -1.80. The molecule has 0 fully saturated rings. The molecule has 0 aliphatic rings. The quantitative estimate of drug-likeness (QED) is 0.152. The maximum absolute atomic E-state index is 11.2. The van der Waals surface area contributed by atoms with Crippen LogP contribution in [0, 0.1) is 0 Å². The zero-order chi connectivity index (χ0) is 16.1. The molecule has 0 N–H and O–H groups in total. The first kappa shape index (κ1) is 19.2. The van der Waals surface area contributed by atoms with Crippen molar-refractivity contribution in [2.75, 3.05) is 19.8 Å². The van der Waals surface area contributed by atoms with E-state index < -0.39 is 17.7 Å². The Labute approximate surface area is 123 Å². The molecule has 0 spiro atoms. The van der Waals surface area contributed by atoms with Crippen LogP contribution in [-0.4, -0.2) is 37.5 Å². The summed E-state index contributed by atoms with van der Waals surface area (Å²) in [6.07, 6.45) is 1.93. The Kier molecular flexibility index (Phi) is 9.99. The predicted molar refractivity (Wildman–Crippen MR) is 70.7 cm³/mol. The molecule has 0 saturated heterocycles. The van der Waals surface area contributed by atoms with E-state index in [0.29, 0.717) is 0 Å². The highest BCUT2D eigenvalue weighted by molar-refractivity contribution is 5.81. The lowest BCUT2D eigenvalue weighted by molar-refractivity contribution is -0.316. The van der Waals surface area contributed by atoms with E-state index in [1.54, 1.807) is 6.92 Å². The summed E-state index contributed by atoms with van der Waals surface area (Å²) in [6.45, 7) is 7.24. The molecule has 8 heteroatoms. The molecular formula is C13H22O8. The smallest absolute Gasteiger partial charge is 0.460 e. The van der Waals surface area contributed by atoms with Crippen LogP contribution in [0.1, 0.15) is 34.1 Å². The van der Waals surface area contributed by atoms with Crippen molar-refractivity contribution >= 4 is 12.1 Å². The molecule has 0 aromatic heterocycles. The normalized spacial score (nSPS) is 11.2. The summed E-state index contributed by atoms with van der Waals surface area (Å²) in [5.74, 6) is -0.646. The molecule has 0 amide bonds. The van der Waals surface area contributed by atoms with Gasteiger partial charge in [-0.3, -0.25) is 4.89 Å². The lowest BCUT2D eigenvalue weighted by Gasteiger charge is -2.19. The van der Waals surface area contributed by atoms with E-state index in [-0.39, 0.29) is 19.8 Å². The fourth-order valence-electron chi connectivity index (χ4n) is 0.756. The van der Waals surface area contributed by atoms with Gasteiger partial charge in [0.25, 0.3) is 0 Å². The van der Waals surface area contributed by atoms with Gasteiger partial charge in [-0.2, -0.15) is 9.78 Å². The van der Waals surface area contributed by atoms with E-state index in [4.69, 9.17) is 14.5 Å². The Balaban J connectivity index is 3.60. The van der Waals surface area contributed by atoms with Crippen molar-refractivity contribution in [3.63, 3.8) is 0 Å². The molecule has 8 nitrogen and oxygen atoms in total. The van der Waals surface area contributed by atoms with Crippen LogP contribution in [0.3, 0.4) is 0 Å². The zero-order valence-electron chi connectivity index (χ0n) is 12.7. The van der Waals surface area contributed by atoms with Crippen LogP contribution >= 0.6 is 0 Å². The third-order valence-corrected chi connectivity index (χ3v) is 2.18. The highest BCUT2D eigenvalue weighted by atomic mass is 17.2. The van der Waals surface area contributed by atoms with Gasteiger partial charge < -0.3 is 14.4 Å². The minimum atomic E-state index is -0.951. The largest absolute Gasteiger partial charge is 0.540 e. The van der Waals surface area contributed by atoms with E-state index in [1.165, 1.54) is 0 Å². The summed E-state index contributed by atoms with van der Waals surface area (Å²) in [7, 11) is 0. The topological polar surface area (TPSA) is 89.5 Å². The first-order chi connectivity index (χ1) is 9.91. The number of hydrogen-bond donors (Lipinski definition) is 0. The average molecular weight is 306 g/mol. The van der Waals surface area contributed by atoms with Crippen molar-refractivity contribution in [3.05, 3.63) is 12.3 Å². The fraction of sp³-hybridized carbons (Fsp3) is 0.692. The second-order valence-electron chi connectivity index (χ2n) is 4.35. The van der Waals surface area contributed by atoms with Crippen LogP contribution in [0.2, 0.25) is 0 Å². The Morgan fingerprint density at radius 3 is 2.43 bits per heavy atom. The molecule has 0 aliphatic carbocycles. The average Bonchev–Trinajstić information content (AvgIpc) is 2.43. The predicted octanol–water partition coefficient (Wildman–Crippen LogP) is 2.28. The number of ether oxygens (including phenoxy) is 2. The molecule has 0 aromatic carbocycles. The van der Waals surface area contributed by atoms with Crippen molar-refractivity contribution < 1.29 is 38.6 Å². The maximum Gasteiger partial charge on any atom is 0.540 e. The van der Waals surface area contributed by atoms with Crippen molar-refractivity contribution in [1.82, 2.24) is 0 Å². The van der Waals surface area contributed by atoms with Gasteiger partial charge in [-0.1, -0.05) is 6.92 Å². The highest BCUT2D eigenvalue weighted by Crippen LogP contribution is 2.13. The summed E-state index contributed by atoms with van der Waals surface area (Å²) in [5.41, 5.74) is -0.438. The highest BCUT2D eigenvalue weighted by Gasteiger charge is 2.16. The van der Waals surface area contributed by atoms with Crippen LogP contribution in [0.15, 0.2) is 12.3 Å². The lowest BCUT2D eigenvalue weighted by Crippen LogP contribution is -2.22. The van der Waals surface area contributed by atoms with E-state index in [2.05, 4.69) is 14.5 Å². The molecule has 0 atom stereocenters. The Morgan fingerprint density at radius 2 is 1.81 bits per heavy atom. The molecule has 0 bridgehead atoms. The van der Waals surface area contributed by atoms with Crippen LogP contribution < -0.4 is 0 Å². The molecule has 0 heterocycles. The Morgan fingerprint density at radius 1 is 1.10 bits per heavy atom. The summed E-state index contributed by atoms with van der Waals surface area (Å²) in [6, 6.07) is 0. The SMILES string of the molecule is CCOC(=O)OOCCOC(=O)C=COOC(C)(C)CC. The number of hydrogen-bond acceptors (Lipinski definition) is 8. The standard InChI is InChI=1S/C13H22O8/c1-5-13(3,4)21-19-8-7-11(14)17-9-10-18-20-12(15)16-6-2/h7-8H,5-6,9-10H2,1-4H3. The first-order valence-electron chi connectivity index (χ1n) is 6.55. The summed E-state index contributed by atoms with van der Waals surface area (Å²) < 4.78 is 9.16. The molecule has 0 saturated carbocycles. The van der Waals surface area contributed by atoms with E-state index in [1.807, 2.05) is 20.8 Å². The summed E-state index contributed by atoms with van der Waals surface area (Å²) in [5, 5.41) is 0. The zero-order valence-corrected chi connectivity index (χ0v) is 12.7. The van der Waals surface area contributed by atoms with Crippen LogP contribution in [0.25, 0.3) is 0 Å². The van der Waals surface area contributed by atoms with Gasteiger partial charge in [0.15, 0.2) is 0 Å². The van der Waals surface area contributed by atoms with Crippen molar-refractivity contribution in [2.24, 2.45) is 0 Å². The Bertz CT molecular complexity index is 337. The second kappa shape index (κ2) is 10.9. The third kappa shape index (κ3) is 11.7. The van der Waals surface area contributed by atoms with E-state index >= 15 is 0 Å². The van der Waals surface area contributed by atoms with Gasteiger partial charge in [0.05, 0.1) is 12.7 Å². The van der Waals surface area contributed by atoms with Crippen LogP contribution in [-0.2, 0) is 33.8 Å².